The van der Waals surface area contributed by atoms with Gasteiger partial charge >= 0.3 is 12.4 Å². The molecule has 6 nitrogen and oxygen atoms in total. The third kappa shape index (κ3) is 6.55. The molecule has 0 radical (unpaired) electrons. The lowest BCUT2D eigenvalue weighted by Crippen LogP contribution is -2.47. The van der Waals surface area contributed by atoms with E-state index in [9.17, 15) is 35.7 Å². The average molecular weight is 569 g/mol. The number of methoxy groups -OCH3 is 1. The van der Waals surface area contributed by atoms with E-state index in [4.69, 9.17) is 8.85 Å². The molecule has 3 rings (SSSR count). The van der Waals surface area contributed by atoms with Gasteiger partial charge in [0.15, 0.2) is 0 Å². The number of nitrogens with one attached hydrogen (secondary N) is 1. The van der Waals surface area contributed by atoms with E-state index in [2.05, 4.69) is 9.71 Å². The SMILES string of the molecule is [2H]C([2H])([2H])Oc1cccc([C@@H]2[C@H](N[S@+]([O-])C(C)(C)C)CCN2C(=O)Cc2ncc(C(F)(F)F)cc2C(F)(F)F)c1C. The van der Waals surface area contributed by atoms with Crippen molar-refractivity contribution in [3.8, 4) is 5.75 Å². The Balaban J connectivity index is 2.04. The summed E-state index contributed by atoms with van der Waals surface area (Å²) >= 11 is -1.62. The number of alkyl halides is 6. The molecular formula is C25H29F6N3O3S. The average Bonchev–Trinajstić information content (AvgIpc) is 3.21. The van der Waals surface area contributed by atoms with E-state index in [-0.39, 0.29) is 31.0 Å². The predicted octanol–water partition coefficient (Wildman–Crippen LogP) is 5.37. The molecule has 1 aromatic carbocycles. The van der Waals surface area contributed by atoms with Crippen LogP contribution in [-0.4, -0.2) is 44.7 Å². The Morgan fingerprint density at radius 3 is 2.50 bits per heavy atom. The standard InChI is InChI=1S/C25H29F6N3O3S/c1-14-16(7-6-8-20(14)37-5)22-18(33-38(36)23(2,3)4)9-10-34(22)21(35)12-19-17(25(29,30)31)11-15(13-32-19)24(26,27)28/h6-8,11,13,18,22,33H,9-10,12H2,1-5H3/t18-,22-,38-/m1/s1/i5D3. The highest BCUT2D eigenvalue weighted by molar-refractivity contribution is 7.90. The maximum Gasteiger partial charge on any atom is 0.418 e. The third-order valence-corrected chi connectivity index (χ3v) is 7.84. The van der Waals surface area contributed by atoms with Crippen LogP contribution in [0.1, 0.15) is 65.3 Å². The summed E-state index contributed by atoms with van der Waals surface area (Å²) in [6.45, 7) is 6.71. The van der Waals surface area contributed by atoms with Crippen molar-refractivity contribution in [2.24, 2.45) is 0 Å². The molecule has 0 saturated carbocycles. The number of rotatable bonds is 6. The minimum atomic E-state index is -5.21. The van der Waals surface area contributed by atoms with Crippen molar-refractivity contribution in [2.45, 2.75) is 69.7 Å². The van der Waals surface area contributed by atoms with E-state index in [0.29, 0.717) is 11.1 Å². The number of aromatic nitrogens is 1. The Morgan fingerprint density at radius 2 is 1.92 bits per heavy atom. The largest absolute Gasteiger partial charge is 0.598 e. The number of likely N-dealkylation sites (tertiary alicyclic amines) is 1. The van der Waals surface area contributed by atoms with Gasteiger partial charge in [0.05, 0.1) is 46.5 Å². The summed E-state index contributed by atoms with van der Waals surface area (Å²) in [5.74, 6) is -0.874. The third-order valence-electron chi connectivity index (χ3n) is 6.21. The maximum atomic E-state index is 13.7. The van der Waals surface area contributed by atoms with E-state index in [1.807, 2.05) is 0 Å². The number of amides is 1. The number of carbonyl (C=O) groups is 1. The Kier molecular flexibility index (Phi) is 7.41. The van der Waals surface area contributed by atoms with E-state index in [1.54, 1.807) is 33.8 Å². The lowest BCUT2D eigenvalue weighted by atomic mass is 9.95. The van der Waals surface area contributed by atoms with Gasteiger partial charge in [-0.3, -0.25) is 9.78 Å². The van der Waals surface area contributed by atoms with Crippen LogP contribution in [0.5, 0.6) is 5.75 Å². The molecule has 0 spiro atoms. The molecule has 0 aliphatic carbocycles. The van der Waals surface area contributed by atoms with Crippen molar-refractivity contribution in [1.82, 2.24) is 14.6 Å². The molecule has 1 amide bonds. The number of nitrogens with zero attached hydrogens (tertiary/aromatic N) is 2. The Hall–Kier alpha value is -2.51. The molecular weight excluding hydrogens is 536 g/mol. The fourth-order valence-corrected chi connectivity index (χ4v) is 5.11. The van der Waals surface area contributed by atoms with Crippen LogP contribution in [0.3, 0.4) is 0 Å². The second-order valence-electron chi connectivity index (χ2n) is 9.89. The van der Waals surface area contributed by atoms with Gasteiger partial charge in [0, 0.05) is 24.1 Å². The number of hydrogen-bond donors (Lipinski definition) is 1. The summed E-state index contributed by atoms with van der Waals surface area (Å²) in [5, 5.41) is 0. The minimum absolute atomic E-state index is 0.00823. The highest BCUT2D eigenvalue weighted by Gasteiger charge is 2.44. The van der Waals surface area contributed by atoms with Gasteiger partial charge in [-0.05, 0) is 57.4 Å². The molecule has 2 heterocycles. The topological polar surface area (TPSA) is 77.5 Å². The first-order chi connectivity index (χ1) is 18.6. The summed E-state index contributed by atoms with van der Waals surface area (Å²) in [6, 6.07) is 2.82. The fraction of sp³-hybridized carbons (Fsp3) is 0.520. The van der Waals surface area contributed by atoms with E-state index < -0.39 is 76.7 Å². The summed E-state index contributed by atoms with van der Waals surface area (Å²) in [7, 11) is -2.79. The van der Waals surface area contributed by atoms with Gasteiger partial charge in [0.1, 0.15) is 10.5 Å². The summed E-state index contributed by atoms with van der Waals surface area (Å²) in [6.07, 6.45) is -10.8. The molecule has 3 atom stereocenters. The van der Waals surface area contributed by atoms with Crippen molar-refractivity contribution < 1.29 is 44.5 Å². The lowest BCUT2D eigenvalue weighted by Gasteiger charge is -2.33. The fourth-order valence-electron chi connectivity index (χ4n) is 4.24. The minimum Gasteiger partial charge on any atom is -0.598 e. The smallest absolute Gasteiger partial charge is 0.418 e. The number of carbonyl (C=O) groups excluding carboxylic acids is 1. The lowest BCUT2D eigenvalue weighted by molar-refractivity contribution is -0.144. The van der Waals surface area contributed by atoms with Crippen LogP contribution in [0, 0.1) is 6.92 Å². The van der Waals surface area contributed by atoms with E-state index in [0.717, 1.165) is 0 Å². The first-order valence-corrected chi connectivity index (χ1v) is 12.6. The van der Waals surface area contributed by atoms with Crippen LogP contribution in [0.4, 0.5) is 26.3 Å². The zero-order chi connectivity index (χ0) is 31.1. The molecule has 0 unspecified atom stereocenters. The first kappa shape index (κ1) is 25.8. The number of halogens is 6. The number of ether oxygens (including phenoxy) is 1. The molecule has 0 bridgehead atoms. The van der Waals surface area contributed by atoms with Crippen LogP contribution in [0.2, 0.25) is 0 Å². The molecule has 210 valence electrons. The van der Waals surface area contributed by atoms with Crippen molar-refractivity contribution in [1.29, 1.82) is 0 Å². The van der Waals surface area contributed by atoms with Crippen molar-refractivity contribution >= 4 is 17.3 Å². The van der Waals surface area contributed by atoms with Gasteiger partial charge < -0.3 is 14.2 Å². The highest BCUT2D eigenvalue weighted by atomic mass is 32.2. The van der Waals surface area contributed by atoms with Gasteiger partial charge in [0.2, 0.25) is 5.91 Å². The first-order valence-electron chi connectivity index (χ1n) is 13.0. The molecule has 1 saturated heterocycles. The Labute approximate surface area is 224 Å². The predicted molar refractivity (Wildman–Crippen MR) is 130 cm³/mol. The van der Waals surface area contributed by atoms with Crippen LogP contribution in [0.25, 0.3) is 0 Å². The number of hydrogen-bond acceptors (Lipinski definition) is 5. The zero-order valence-corrected chi connectivity index (χ0v) is 21.8. The molecule has 38 heavy (non-hydrogen) atoms. The Bertz CT molecular complexity index is 1270. The van der Waals surface area contributed by atoms with Gasteiger partial charge in [-0.1, -0.05) is 12.1 Å². The number of pyridine rings is 1. The number of benzene rings is 1. The highest BCUT2D eigenvalue weighted by Crippen LogP contribution is 2.40. The molecule has 1 aliphatic rings. The summed E-state index contributed by atoms with van der Waals surface area (Å²) in [5.41, 5.74) is -3.41. The summed E-state index contributed by atoms with van der Waals surface area (Å²) < 4.78 is 123. The van der Waals surface area contributed by atoms with E-state index >= 15 is 0 Å². The van der Waals surface area contributed by atoms with Gasteiger partial charge in [-0.2, -0.15) is 26.3 Å². The van der Waals surface area contributed by atoms with Crippen LogP contribution in [-0.2, 0) is 34.9 Å². The molecule has 2 aromatic rings. The molecule has 1 fully saturated rings. The quantitative estimate of drug-likeness (QED) is 0.375. The second kappa shape index (κ2) is 10.9. The van der Waals surface area contributed by atoms with Gasteiger partial charge in [-0.15, -0.1) is 4.72 Å². The normalized spacial score (nSPS) is 21.0. The van der Waals surface area contributed by atoms with Crippen molar-refractivity contribution in [3.63, 3.8) is 0 Å². The van der Waals surface area contributed by atoms with Crippen LogP contribution >= 0.6 is 0 Å². The Morgan fingerprint density at radius 1 is 1.24 bits per heavy atom. The van der Waals surface area contributed by atoms with Gasteiger partial charge in [0.25, 0.3) is 0 Å². The monoisotopic (exact) mass is 568 g/mol. The van der Waals surface area contributed by atoms with Crippen LogP contribution in [0.15, 0.2) is 30.5 Å². The van der Waals surface area contributed by atoms with Crippen molar-refractivity contribution in [3.05, 3.63) is 58.4 Å². The molecule has 1 aliphatic heterocycles. The van der Waals surface area contributed by atoms with Gasteiger partial charge in [-0.25, -0.2) is 0 Å². The van der Waals surface area contributed by atoms with Crippen LogP contribution < -0.4 is 9.46 Å². The molecule has 1 aromatic heterocycles. The maximum absolute atomic E-state index is 13.7. The van der Waals surface area contributed by atoms with Crippen molar-refractivity contribution in [2.75, 3.05) is 13.6 Å². The summed E-state index contributed by atoms with van der Waals surface area (Å²) in [4.78, 5) is 18.1. The molecule has 13 heteroatoms. The zero-order valence-electron chi connectivity index (χ0n) is 24.0. The second-order valence-corrected chi connectivity index (χ2v) is 11.9. The van der Waals surface area contributed by atoms with E-state index in [1.165, 1.54) is 17.0 Å². The molecule has 1 N–H and O–H groups in total.